The predicted molar refractivity (Wildman–Crippen MR) is 73.2 cm³/mol. The fourth-order valence-corrected chi connectivity index (χ4v) is 1.92. The minimum absolute atomic E-state index is 0.0326. The van der Waals surface area contributed by atoms with Crippen LogP contribution in [-0.4, -0.2) is 26.1 Å². The lowest BCUT2D eigenvalue weighted by Crippen LogP contribution is -2.23. The highest BCUT2D eigenvalue weighted by Crippen LogP contribution is 2.13. The van der Waals surface area contributed by atoms with Gasteiger partial charge in [-0.05, 0) is 12.1 Å². The van der Waals surface area contributed by atoms with Crippen molar-refractivity contribution >= 4 is 5.91 Å². The Hall–Kier alpha value is -3.10. The average Bonchev–Trinajstić information content (AvgIpc) is 3.20. The second-order valence-corrected chi connectivity index (χ2v) is 4.68. The summed E-state index contributed by atoms with van der Waals surface area (Å²) in [6.45, 7) is 0.00616. The normalized spacial score (nSPS) is 10.7. The third-order valence-corrected chi connectivity index (χ3v) is 3.07. The number of aromatic nitrogens is 4. The number of nitrogens with one attached hydrogen (secondary N) is 1. The van der Waals surface area contributed by atoms with Crippen LogP contribution in [0.15, 0.2) is 41.2 Å². The van der Waals surface area contributed by atoms with Gasteiger partial charge in [-0.1, -0.05) is 16.4 Å². The highest BCUT2D eigenvalue weighted by atomic mass is 19.1. The third kappa shape index (κ3) is 3.39. The van der Waals surface area contributed by atoms with E-state index in [1.54, 1.807) is 6.07 Å². The molecule has 23 heavy (non-hydrogen) atoms. The number of amides is 1. The van der Waals surface area contributed by atoms with E-state index in [0.717, 1.165) is 12.1 Å². The number of benzene rings is 1. The topological polar surface area (TPSA) is 85.8 Å². The first kappa shape index (κ1) is 14.8. The monoisotopic (exact) mass is 319 g/mol. The molecule has 1 N–H and O–H groups in total. The average molecular weight is 319 g/mol. The van der Waals surface area contributed by atoms with Gasteiger partial charge >= 0.3 is 0 Å². The van der Waals surface area contributed by atoms with Crippen LogP contribution in [0.25, 0.3) is 0 Å². The van der Waals surface area contributed by atoms with Crippen molar-refractivity contribution in [2.75, 3.05) is 0 Å². The molecule has 0 saturated carbocycles. The summed E-state index contributed by atoms with van der Waals surface area (Å²) >= 11 is 0. The van der Waals surface area contributed by atoms with Gasteiger partial charge in [-0.3, -0.25) is 4.79 Å². The van der Waals surface area contributed by atoms with E-state index >= 15 is 0 Å². The van der Waals surface area contributed by atoms with Crippen molar-refractivity contribution in [3.05, 3.63) is 65.3 Å². The molecule has 0 atom stereocenters. The molecule has 2 heterocycles. The summed E-state index contributed by atoms with van der Waals surface area (Å²) in [5, 5.41) is 13.6. The van der Waals surface area contributed by atoms with Gasteiger partial charge in [0.2, 0.25) is 0 Å². The van der Waals surface area contributed by atoms with E-state index in [1.165, 1.54) is 23.2 Å². The van der Waals surface area contributed by atoms with Crippen molar-refractivity contribution in [2.45, 2.75) is 13.1 Å². The lowest BCUT2D eigenvalue weighted by molar-refractivity contribution is 0.0945. The maximum atomic E-state index is 13.6. The molecule has 1 amide bonds. The van der Waals surface area contributed by atoms with Crippen molar-refractivity contribution in [3.8, 4) is 0 Å². The van der Waals surface area contributed by atoms with E-state index in [2.05, 4.69) is 25.3 Å². The fourth-order valence-electron chi connectivity index (χ4n) is 1.92. The SMILES string of the molecule is O=C(NCc1ccon1)c1cn(Cc2c(F)cccc2F)nn1. The quantitative estimate of drug-likeness (QED) is 0.770. The highest BCUT2D eigenvalue weighted by Gasteiger charge is 2.14. The maximum absolute atomic E-state index is 13.6. The minimum Gasteiger partial charge on any atom is -0.364 e. The van der Waals surface area contributed by atoms with Crippen molar-refractivity contribution in [3.63, 3.8) is 0 Å². The molecule has 0 spiro atoms. The summed E-state index contributed by atoms with van der Waals surface area (Å²) in [6.07, 6.45) is 2.70. The van der Waals surface area contributed by atoms with E-state index in [-0.39, 0.29) is 24.3 Å². The van der Waals surface area contributed by atoms with Crippen molar-refractivity contribution in [2.24, 2.45) is 0 Å². The van der Waals surface area contributed by atoms with Gasteiger partial charge < -0.3 is 9.84 Å². The van der Waals surface area contributed by atoms with Crippen LogP contribution in [-0.2, 0) is 13.1 Å². The molecule has 0 aliphatic carbocycles. The second kappa shape index (κ2) is 6.34. The van der Waals surface area contributed by atoms with Crippen molar-refractivity contribution < 1.29 is 18.1 Å². The molecule has 118 valence electrons. The van der Waals surface area contributed by atoms with Gasteiger partial charge in [0.25, 0.3) is 5.91 Å². The predicted octanol–water partition coefficient (Wildman–Crippen LogP) is 1.52. The molecule has 0 saturated heterocycles. The molecule has 0 bridgehead atoms. The Morgan fingerprint density at radius 3 is 2.74 bits per heavy atom. The van der Waals surface area contributed by atoms with Crippen LogP contribution in [0.5, 0.6) is 0 Å². The first-order valence-corrected chi connectivity index (χ1v) is 6.64. The van der Waals surface area contributed by atoms with Crippen LogP contribution < -0.4 is 5.32 Å². The molecule has 2 aromatic heterocycles. The van der Waals surface area contributed by atoms with Gasteiger partial charge in [0.1, 0.15) is 23.6 Å². The first-order valence-electron chi connectivity index (χ1n) is 6.64. The Labute approximate surface area is 128 Å². The Balaban J connectivity index is 1.67. The zero-order valence-corrected chi connectivity index (χ0v) is 11.7. The molecular weight excluding hydrogens is 308 g/mol. The fraction of sp³-hybridized carbons (Fsp3) is 0.143. The maximum Gasteiger partial charge on any atom is 0.273 e. The van der Waals surface area contributed by atoms with E-state index in [0.29, 0.717) is 5.69 Å². The zero-order chi connectivity index (χ0) is 16.2. The van der Waals surface area contributed by atoms with Gasteiger partial charge in [0, 0.05) is 11.6 Å². The van der Waals surface area contributed by atoms with E-state index in [9.17, 15) is 13.6 Å². The van der Waals surface area contributed by atoms with Crippen LogP contribution in [0, 0.1) is 11.6 Å². The zero-order valence-electron chi connectivity index (χ0n) is 11.7. The number of carbonyl (C=O) groups excluding carboxylic acids is 1. The van der Waals surface area contributed by atoms with Crippen LogP contribution in [0.4, 0.5) is 8.78 Å². The standard InChI is InChI=1S/C14H11F2N5O2/c15-11-2-1-3-12(16)10(11)7-21-8-13(18-20-21)14(22)17-6-9-4-5-23-19-9/h1-5,8H,6-7H2,(H,17,22). The number of halogens is 2. The van der Waals surface area contributed by atoms with E-state index < -0.39 is 17.5 Å². The van der Waals surface area contributed by atoms with Crippen LogP contribution in [0.3, 0.4) is 0 Å². The Bertz CT molecular complexity index is 796. The molecule has 0 radical (unpaired) electrons. The Kier molecular flexibility index (Phi) is 4.09. The number of hydrogen-bond donors (Lipinski definition) is 1. The van der Waals surface area contributed by atoms with Gasteiger partial charge in [0.05, 0.1) is 19.3 Å². The lowest BCUT2D eigenvalue weighted by Gasteiger charge is -2.03. The van der Waals surface area contributed by atoms with Crippen molar-refractivity contribution in [1.82, 2.24) is 25.5 Å². The summed E-state index contributed by atoms with van der Waals surface area (Å²) in [5.41, 5.74) is 0.441. The summed E-state index contributed by atoms with van der Waals surface area (Å²) < 4.78 is 33.0. The molecule has 0 unspecified atom stereocenters. The first-order chi connectivity index (χ1) is 11.1. The summed E-state index contributed by atoms with van der Waals surface area (Å²) in [7, 11) is 0. The van der Waals surface area contributed by atoms with Crippen LogP contribution in [0.1, 0.15) is 21.7 Å². The second-order valence-electron chi connectivity index (χ2n) is 4.68. The van der Waals surface area contributed by atoms with Crippen LogP contribution in [0.2, 0.25) is 0 Å². The summed E-state index contributed by atoms with van der Waals surface area (Å²) in [4.78, 5) is 11.9. The molecular formula is C14H11F2N5O2. The summed E-state index contributed by atoms with van der Waals surface area (Å²) in [6, 6.07) is 5.19. The number of carbonyl (C=O) groups is 1. The lowest BCUT2D eigenvalue weighted by atomic mass is 10.2. The summed E-state index contributed by atoms with van der Waals surface area (Å²) in [5.74, 6) is -1.84. The van der Waals surface area contributed by atoms with Gasteiger partial charge in [-0.25, -0.2) is 13.5 Å². The molecule has 1 aromatic carbocycles. The molecule has 7 nitrogen and oxygen atoms in total. The van der Waals surface area contributed by atoms with E-state index in [4.69, 9.17) is 0 Å². The Morgan fingerprint density at radius 2 is 2.04 bits per heavy atom. The van der Waals surface area contributed by atoms with Gasteiger partial charge in [-0.2, -0.15) is 0 Å². The number of rotatable bonds is 5. The third-order valence-electron chi connectivity index (χ3n) is 3.07. The molecule has 0 aliphatic rings. The molecule has 9 heteroatoms. The smallest absolute Gasteiger partial charge is 0.273 e. The van der Waals surface area contributed by atoms with E-state index in [1.807, 2.05) is 0 Å². The largest absolute Gasteiger partial charge is 0.364 e. The Morgan fingerprint density at radius 1 is 1.26 bits per heavy atom. The highest BCUT2D eigenvalue weighted by molar-refractivity contribution is 5.91. The minimum atomic E-state index is -0.683. The number of nitrogens with zero attached hydrogens (tertiary/aromatic N) is 4. The van der Waals surface area contributed by atoms with Gasteiger partial charge in [0.15, 0.2) is 5.69 Å². The molecule has 0 aliphatic heterocycles. The van der Waals surface area contributed by atoms with Gasteiger partial charge in [-0.15, -0.1) is 5.10 Å². The molecule has 3 rings (SSSR count). The van der Waals surface area contributed by atoms with Crippen molar-refractivity contribution in [1.29, 1.82) is 0 Å². The molecule has 0 fully saturated rings. The van der Waals surface area contributed by atoms with Crippen LogP contribution >= 0.6 is 0 Å². The number of hydrogen-bond acceptors (Lipinski definition) is 5. The molecule has 3 aromatic rings.